The summed E-state index contributed by atoms with van der Waals surface area (Å²) in [5.74, 6) is 0.717. The summed E-state index contributed by atoms with van der Waals surface area (Å²) in [7, 11) is 0. The Morgan fingerprint density at radius 3 is 2.39 bits per heavy atom. The summed E-state index contributed by atoms with van der Waals surface area (Å²) in [4.78, 5) is 2.96. The van der Waals surface area contributed by atoms with E-state index in [-0.39, 0.29) is 12.7 Å². The molecule has 0 aromatic carbocycles. The first-order valence-electron chi connectivity index (χ1n) is 9.45. The van der Waals surface area contributed by atoms with Crippen LogP contribution in [0.3, 0.4) is 0 Å². The average Bonchev–Trinajstić information content (AvgIpc) is 2.45. The van der Waals surface area contributed by atoms with Crippen LogP contribution in [0.25, 0.3) is 0 Å². The molecule has 0 bridgehead atoms. The number of ether oxygens (including phenoxy) is 1. The van der Waals surface area contributed by atoms with E-state index in [0.29, 0.717) is 24.0 Å². The topological polar surface area (TPSA) is 58.6 Å². The molecule has 2 aliphatic rings. The molecule has 0 aromatic rings. The van der Waals surface area contributed by atoms with Gasteiger partial charge in [0.25, 0.3) is 0 Å². The van der Waals surface area contributed by atoms with Crippen LogP contribution in [0.15, 0.2) is 0 Å². The average molecular weight is 331 g/mol. The first-order valence-corrected chi connectivity index (χ1v) is 9.45. The molecule has 0 unspecified atom stereocenters. The summed E-state index contributed by atoms with van der Waals surface area (Å²) in [5, 5.41) is 19.3. The monoisotopic (exact) mass is 330 g/mol. The molecule has 3 atom stereocenters. The van der Waals surface area contributed by atoms with Crippen LogP contribution >= 0.6 is 0 Å². The number of nitrogens with one attached hydrogen (secondary N) is 2. The third-order valence-electron chi connectivity index (χ3n) is 5.52. The molecule has 5 heteroatoms. The molecule has 0 aromatic heterocycles. The molecule has 2 rings (SSSR count). The number of piperazine rings is 1. The van der Waals surface area contributed by atoms with E-state index >= 15 is 0 Å². The molecule has 1 saturated heterocycles. The Labute approximate surface area is 141 Å². The van der Waals surface area contributed by atoms with Crippen molar-refractivity contribution in [2.45, 2.75) is 52.2 Å². The lowest BCUT2D eigenvalue weighted by Crippen LogP contribution is -3.28. The quantitative estimate of drug-likeness (QED) is 0.453. The van der Waals surface area contributed by atoms with Crippen molar-refractivity contribution >= 4 is 0 Å². The highest BCUT2D eigenvalue weighted by Gasteiger charge is 2.33. The molecular weight excluding hydrogens is 292 g/mol. The smallest absolute Gasteiger partial charge is 0.127 e. The second kappa shape index (κ2) is 8.77. The zero-order valence-corrected chi connectivity index (χ0v) is 15.3. The van der Waals surface area contributed by atoms with Gasteiger partial charge in [-0.2, -0.15) is 0 Å². The lowest BCUT2D eigenvalue weighted by Gasteiger charge is -2.39. The van der Waals surface area contributed by atoms with Crippen LogP contribution in [0.1, 0.15) is 40.0 Å². The summed E-state index contributed by atoms with van der Waals surface area (Å²) in [6, 6.07) is 0. The number of rotatable bonds is 7. The van der Waals surface area contributed by atoms with E-state index in [1.165, 1.54) is 16.2 Å². The predicted octanol–water partition coefficient (Wildman–Crippen LogP) is -1.65. The highest BCUT2D eigenvalue weighted by atomic mass is 16.5. The van der Waals surface area contributed by atoms with E-state index in [4.69, 9.17) is 9.84 Å². The summed E-state index contributed by atoms with van der Waals surface area (Å²) in [6.45, 7) is 13.7. The molecule has 0 amide bonds. The van der Waals surface area contributed by atoms with Crippen molar-refractivity contribution in [1.29, 1.82) is 0 Å². The van der Waals surface area contributed by atoms with Gasteiger partial charge in [-0.3, -0.25) is 0 Å². The maximum atomic E-state index is 10.3. The van der Waals surface area contributed by atoms with Crippen LogP contribution in [-0.4, -0.2) is 74.9 Å². The van der Waals surface area contributed by atoms with Crippen molar-refractivity contribution in [2.24, 2.45) is 11.3 Å². The van der Waals surface area contributed by atoms with Crippen LogP contribution in [0.2, 0.25) is 0 Å². The van der Waals surface area contributed by atoms with Crippen molar-refractivity contribution in [2.75, 3.05) is 52.5 Å². The van der Waals surface area contributed by atoms with E-state index in [1.807, 2.05) is 0 Å². The Morgan fingerprint density at radius 1 is 1.13 bits per heavy atom. The Balaban J connectivity index is 1.64. The van der Waals surface area contributed by atoms with Gasteiger partial charge in [0.2, 0.25) is 0 Å². The van der Waals surface area contributed by atoms with Gasteiger partial charge in [0.05, 0.1) is 19.3 Å². The van der Waals surface area contributed by atoms with Gasteiger partial charge in [0.1, 0.15) is 45.4 Å². The van der Waals surface area contributed by atoms with Crippen LogP contribution < -0.4 is 9.80 Å². The van der Waals surface area contributed by atoms with Crippen molar-refractivity contribution in [3.63, 3.8) is 0 Å². The minimum Gasteiger partial charge on any atom is -0.391 e. The SMILES string of the molecule is C[C@H]1C[C@H](OC[C@H](O)C[NH+]2CC[NH+](CCO)CC2)CC(C)(C)C1. The maximum Gasteiger partial charge on any atom is 0.127 e. The third kappa shape index (κ3) is 6.67. The highest BCUT2D eigenvalue weighted by Crippen LogP contribution is 2.39. The molecule has 4 N–H and O–H groups in total. The van der Waals surface area contributed by atoms with Gasteiger partial charge in [0, 0.05) is 0 Å². The third-order valence-corrected chi connectivity index (χ3v) is 5.52. The zero-order valence-electron chi connectivity index (χ0n) is 15.3. The van der Waals surface area contributed by atoms with Gasteiger partial charge in [-0.15, -0.1) is 0 Å². The number of hydrogen-bond donors (Lipinski definition) is 4. The standard InChI is InChI=1S/C18H36N2O3/c1-15-10-17(12-18(2,3)11-15)23-14-16(22)13-20-6-4-19(5-7-20)8-9-21/h15-17,21-22H,4-14H2,1-3H3/p+2/t15-,16+,17-/m0/s1. The molecule has 5 nitrogen and oxygen atoms in total. The molecule has 1 saturated carbocycles. The van der Waals surface area contributed by atoms with E-state index in [2.05, 4.69) is 20.8 Å². The van der Waals surface area contributed by atoms with E-state index in [9.17, 15) is 5.11 Å². The fraction of sp³-hybridized carbons (Fsp3) is 1.00. The Hall–Kier alpha value is -0.200. The van der Waals surface area contributed by atoms with Crippen LogP contribution in [0, 0.1) is 11.3 Å². The Kier molecular flexibility index (Phi) is 7.29. The molecule has 1 aliphatic carbocycles. The van der Waals surface area contributed by atoms with Crippen molar-refractivity contribution in [3.05, 3.63) is 0 Å². The van der Waals surface area contributed by atoms with Gasteiger partial charge < -0.3 is 24.7 Å². The van der Waals surface area contributed by atoms with E-state index in [1.54, 1.807) is 0 Å². The maximum absolute atomic E-state index is 10.3. The van der Waals surface area contributed by atoms with Gasteiger partial charge in [-0.05, 0) is 30.6 Å². The van der Waals surface area contributed by atoms with Gasteiger partial charge in [-0.25, -0.2) is 0 Å². The second-order valence-electron chi connectivity index (χ2n) is 8.70. The lowest BCUT2D eigenvalue weighted by molar-refractivity contribution is -1.01. The molecule has 1 heterocycles. The van der Waals surface area contributed by atoms with E-state index < -0.39 is 0 Å². The first kappa shape index (κ1) is 19.1. The number of aliphatic hydroxyl groups excluding tert-OH is 2. The first-order chi connectivity index (χ1) is 10.9. The summed E-state index contributed by atoms with van der Waals surface area (Å²) in [6.07, 6.45) is 3.47. The van der Waals surface area contributed by atoms with Gasteiger partial charge >= 0.3 is 0 Å². The molecule has 23 heavy (non-hydrogen) atoms. The molecule has 0 spiro atoms. The van der Waals surface area contributed by atoms with Crippen molar-refractivity contribution < 1.29 is 24.7 Å². The lowest BCUT2D eigenvalue weighted by atomic mass is 9.71. The van der Waals surface area contributed by atoms with Crippen molar-refractivity contribution in [3.8, 4) is 0 Å². The van der Waals surface area contributed by atoms with Crippen LogP contribution in [0.5, 0.6) is 0 Å². The minimum absolute atomic E-state index is 0.275. The Bertz CT molecular complexity index is 343. The normalized spacial score (nSPS) is 35.9. The molecule has 0 radical (unpaired) electrons. The number of quaternary nitrogens is 2. The summed E-state index contributed by atoms with van der Waals surface area (Å²) in [5.41, 5.74) is 0.365. The molecule has 2 fully saturated rings. The minimum atomic E-state index is -0.357. The largest absolute Gasteiger partial charge is 0.391 e. The van der Waals surface area contributed by atoms with Crippen LogP contribution in [0.4, 0.5) is 0 Å². The molecule has 136 valence electrons. The van der Waals surface area contributed by atoms with E-state index in [0.717, 1.165) is 52.1 Å². The highest BCUT2D eigenvalue weighted by molar-refractivity contribution is 4.83. The number of aliphatic hydroxyl groups is 2. The summed E-state index contributed by atoms with van der Waals surface area (Å²) < 4.78 is 6.05. The zero-order chi connectivity index (χ0) is 16.9. The number of hydrogen-bond acceptors (Lipinski definition) is 3. The van der Waals surface area contributed by atoms with Gasteiger partial charge in [0.15, 0.2) is 0 Å². The Morgan fingerprint density at radius 2 is 1.78 bits per heavy atom. The molecular formula is C18H38N2O3+2. The summed E-state index contributed by atoms with van der Waals surface area (Å²) >= 11 is 0. The predicted molar refractivity (Wildman–Crippen MR) is 90.8 cm³/mol. The van der Waals surface area contributed by atoms with Crippen LogP contribution in [-0.2, 0) is 4.74 Å². The molecule has 1 aliphatic heterocycles. The second-order valence-corrected chi connectivity index (χ2v) is 8.70. The van der Waals surface area contributed by atoms with Gasteiger partial charge in [-0.1, -0.05) is 20.8 Å². The fourth-order valence-corrected chi connectivity index (χ4v) is 4.59. The fourth-order valence-electron chi connectivity index (χ4n) is 4.59. The van der Waals surface area contributed by atoms with Crippen molar-refractivity contribution in [1.82, 2.24) is 0 Å².